The molecule has 142 valence electrons. The molecule has 3 heterocycles. The first-order valence-corrected chi connectivity index (χ1v) is 9.73. The van der Waals surface area contributed by atoms with Crippen LogP contribution in [0.2, 0.25) is 0 Å². The Labute approximate surface area is 166 Å². The number of carbonyl (C=O) groups is 1. The van der Waals surface area contributed by atoms with E-state index in [1.54, 1.807) is 39.1 Å². The van der Waals surface area contributed by atoms with Gasteiger partial charge in [0.1, 0.15) is 5.82 Å². The highest BCUT2D eigenvalue weighted by Gasteiger charge is 2.24. The molecule has 0 bridgehead atoms. The second-order valence-corrected chi connectivity index (χ2v) is 7.70. The molecule has 0 radical (unpaired) electrons. The van der Waals surface area contributed by atoms with Gasteiger partial charge in [0.2, 0.25) is 0 Å². The highest BCUT2D eigenvalue weighted by molar-refractivity contribution is 7.09. The lowest BCUT2D eigenvalue weighted by atomic mass is 10.1. The first-order chi connectivity index (χ1) is 13.4. The van der Waals surface area contributed by atoms with E-state index in [1.807, 2.05) is 38.4 Å². The number of rotatable bonds is 4. The number of hydrogen-bond acceptors (Lipinski definition) is 4. The van der Waals surface area contributed by atoms with Crippen LogP contribution in [-0.2, 0) is 13.6 Å². The third-order valence-electron chi connectivity index (χ3n) is 4.60. The topological polar surface area (TPSA) is 51.0 Å². The summed E-state index contributed by atoms with van der Waals surface area (Å²) in [6, 6.07) is 11.7. The van der Waals surface area contributed by atoms with Crippen molar-refractivity contribution in [2.45, 2.75) is 20.4 Å². The summed E-state index contributed by atoms with van der Waals surface area (Å²) in [6.07, 6.45) is 0. The van der Waals surface area contributed by atoms with Gasteiger partial charge in [0.15, 0.2) is 5.65 Å². The maximum absolute atomic E-state index is 13.7. The minimum atomic E-state index is -0.336. The van der Waals surface area contributed by atoms with Crippen molar-refractivity contribution in [2.24, 2.45) is 7.05 Å². The molecule has 0 aliphatic rings. The van der Waals surface area contributed by atoms with E-state index in [0.29, 0.717) is 23.4 Å². The molecule has 0 N–H and O–H groups in total. The van der Waals surface area contributed by atoms with E-state index in [-0.39, 0.29) is 11.7 Å². The molecule has 0 atom stereocenters. The summed E-state index contributed by atoms with van der Waals surface area (Å²) in [6.45, 7) is 4.14. The fraction of sp³-hybridized carbons (Fsp3) is 0.190. The van der Waals surface area contributed by atoms with Crippen LogP contribution in [0, 0.1) is 19.7 Å². The smallest absolute Gasteiger partial charge is 0.259 e. The van der Waals surface area contributed by atoms with Crippen molar-refractivity contribution in [3.05, 3.63) is 75.5 Å². The molecule has 0 saturated carbocycles. The van der Waals surface area contributed by atoms with Gasteiger partial charge in [-0.2, -0.15) is 5.10 Å². The van der Waals surface area contributed by atoms with Gasteiger partial charge in [0, 0.05) is 23.3 Å². The van der Waals surface area contributed by atoms with Gasteiger partial charge in [-0.25, -0.2) is 9.37 Å². The van der Waals surface area contributed by atoms with E-state index in [9.17, 15) is 9.18 Å². The number of pyridine rings is 1. The summed E-state index contributed by atoms with van der Waals surface area (Å²) in [4.78, 5) is 20.9. The van der Waals surface area contributed by atoms with Gasteiger partial charge in [0.05, 0.1) is 23.2 Å². The van der Waals surface area contributed by atoms with Crippen molar-refractivity contribution in [1.82, 2.24) is 14.8 Å². The number of hydrogen-bond donors (Lipinski definition) is 0. The van der Waals surface area contributed by atoms with Crippen molar-refractivity contribution < 1.29 is 9.18 Å². The monoisotopic (exact) mass is 394 g/mol. The van der Waals surface area contributed by atoms with E-state index >= 15 is 0 Å². The highest BCUT2D eigenvalue weighted by Crippen LogP contribution is 2.27. The third-order valence-corrected chi connectivity index (χ3v) is 5.47. The molecule has 28 heavy (non-hydrogen) atoms. The van der Waals surface area contributed by atoms with E-state index in [1.165, 1.54) is 12.1 Å². The van der Waals surface area contributed by atoms with E-state index in [0.717, 1.165) is 21.7 Å². The number of nitrogens with zero attached hydrogens (tertiary/aromatic N) is 4. The predicted octanol–water partition coefficient (Wildman–Crippen LogP) is 4.63. The van der Waals surface area contributed by atoms with Crippen LogP contribution in [0.3, 0.4) is 0 Å². The van der Waals surface area contributed by atoms with Crippen LogP contribution in [0.5, 0.6) is 0 Å². The van der Waals surface area contributed by atoms with Crippen molar-refractivity contribution in [3.63, 3.8) is 0 Å². The minimum Gasteiger partial charge on any atom is -0.303 e. The minimum absolute atomic E-state index is 0.161. The number of fused-ring (bicyclic) bond motifs is 1. The summed E-state index contributed by atoms with van der Waals surface area (Å²) in [5.41, 5.74) is 3.37. The number of carbonyl (C=O) groups excluding carboxylic acids is 1. The third kappa shape index (κ3) is 3.29. The zero-order chi connectivity index (χ0) is 19.8. The number of thiophene rings is 1. The SMILES string of the molecule is Cc1cc(C(=O)N(Cc2cccs2)c2ccc(F)cc2)c2c(C)nn(C)c2n1. The maximum Gasteiger partial charge on any atom is 0.259 e. The second-order valence-electron chi connectivity index (χ2n) is 6.67. The predicted molar refractivity (Wildman–Crippen MR) is 109 cm³/mol. The van der Waals surface area contributed by atoms with Gasteiger partial charge < -0.3 is 4.90 Å². The summed E-state index contributed by atoms with van der Waals surface area (Å²) in [7, 11) is 1.82. The highest BCUT2D eigenvalue weighted by atomic mass is 32.1. The van der Waals surface area contributed by atoms with Crippen molar-refractivity contribution in [2.75, 3.05) is 4.90 Å². The summed E-state index contributed by atoms with van der Waals surface area (Å²) in [5, 5.41) is 7.15. The van der Waals surface area contributed by atoms with Crippen LogP contribution in [0.4, 0.5) is 10.1 Å². The maximum atomic E-state index is 13.7. The van der Waals surface area contributed by atoms with Crippen LogP contribution in [0.25, 0.3) is 11.0 Å². The van der Waals surface area contributed by atoms with Crippen LogP contribution >= 0.6 is 11.3 Å². The zero-order valence-electron chi connectivity index (χ0n) is 15.8. The van der Waals surface area contributed by atoms with Gasteiger partial charge in [-0.05, 0) is 55.6 Å². The van der Waals surface area contributed by atoms with Gasteiger partial charge in [-0.15, -0.1) is 11.3 Å². The Morgan fingerprint density at radius 1 is 1.21 bits per heavy atom. The average Bonchev–Trinajstić information content (AvgIpc) is 3.28. The number of anilines is 1. The summed E-state index contributed by atoms with van der Waals surface area (Å²) < 4.78 is 15.1. The quantitative estimate of drug-likeness (QED) is 0.507. The van der Waals surface area contributed by atoms with E-state index in [4.69, 9.17) is 0 Å². The molecule has 0 aliphatic heterocycles. The first-order valence-electron chi connectivity index (χ1n) is 8.85. The fourth-order valence-electron chi connectivity index (χ4n) is 3.34. The van der Waals surface area contributed by atoms with Crippen molar-refractivity contribution in [1.29, 1.82) is 0 Å². The molecular weight excluding hydrogens is 375 g/mol. The van der Waals surface area contributed by atoms with Gasteiger partial charge in [-0.1, -0.05) is 6.07 Å². The van der Waals surface area contributed by atoms with Gasteiger partial charge >= 0.3 is 0 Å². The van der Waals surface area contributed by atoms with Gasteiger partial charge in [-0.3, -0.25) is 9.48 Å². The van der Waals surface area contributed by atoms with Crippen LogP contribution in [0.15, 0.2) is 47.8 Å². The van der Waals surface area contributed by atoms with Crippen LogP contribution in [0.1, 0.15) is 26.6 Å². The first kappa shape index (κ1) is 18.3. The molecular formula is C21H19FN4OS. The fourth-order valence-corrected chi connectivity index (χ4v) is 4.04. The number of halogens is 1. The zero-order valence-corrected chi connectivity index (χ0v) is 16.6. The van der Waals surface area contributed by atoms with E-state index in [2.05, 4.69) is 10.1 Å². The number of aromatic nitrogens is 3. The Morgan fingerprint density at radius 3 is 2.64 bits per heavy atom. The lowest BCUT2D eigenvalue weighted by Gasteiger charge is -2.23. The number of benzene rings is 1. The molecule has 5 nitrogen and oxygen atoms in total. The van der Waals surface area contributed by atoms with Crippen molar-refractivity contribution >= 4 is 34.0 Å². The molecule has 1 amide bonds. The molecule has 4 aromatic rings. The molecule has 1 aromatic carbocycles. The second kappa shape index (κ2) is 7.16. The van der Waals surface area contributed by atoms with Crippen LogP contribution < -0.4 is 4.90 Å². The Morgan fingerprint density at radius 2 is 1.96 bits per heavy atom. The number of amides is 1. The molecule has 7 heteroatoms. The van der Waals surface area contributed by atoms with Crippen LogP contribution in [-0.4, -0.2) is 20.7 Å². The largest absolute Gasteiger partial charge is 0.303 e. The molecule has 0 fully saturated rings. The molecule has 0 spiro atoms. The normalized spacial score (nSPS) is 11.1. The summed E-state index contributed by atoms with van der Waals surface area (Å²) >= 11 is 1.58. The molecule has 3 aromatic heterocycles. The molecule has 4 rings (SSSR count). The van der Waals surface area contributed by atoms with Gasteiger partial charge in [0.25, 0.3) is 5.91 Å². The molecule has 0 aliphatic carbocycles. The molecule has 0 saturated heterocycles. The Bertz CT molecular complexity index is 1150. The lowest BCUT2D eigenvalue weighted by molar-refractivity contribution is 0.0986. The Hall–Kier alpha value is -3.06. The average molecular weight is 394 g/mol. The number of aryl methyl sites for hydroxylation is 3. The van der Waals surface area contributed by atoms with E-state index < -0.39 is 0 Å². The standard InChI is InChI=1S/C21H19FN4OS/c1-13-11-18(19-14(2)24-25(3)20(19)23-13)21(27)26(12-17-5-4-10-28-17)16-8-6-15(22)7-9-16/h4-11H,12H2,1-3H3. The Kier molecular flexibility index (Phi) is 4.68. The van der Waals surface area contributed by atoms with Crippen molar-refractivity contribution in [3.8, 4) is 0 Å². The molecule has 0 unspecified atom stereocenters. The lowest BCUT2D eigenvalue weighted by Crippen LogP contribution is -2.30. The summed E-state index contributed by atoms with van der Waals surface area (Å²) in [5.74, 6) is -0.496. The Balaban J connectivity index is 1.86.